The Bertz CT molecular complexity index is 963. The van der Waals surface area contributed by atoms with Gasteiger partial charge in [-0.3, -0.25) is 4.79 Å². The minimum Gasteiger partial charge on any atom is -0.376 e. The molecule has 0 radical (unpaired) electrons. The molecule has 1 aromatic carbocycles. The summed E-state index contributed by atoms with van der Waals surface area (Å²) in [7, 11) is 0. The second-order valence-corrected chi connectivity index (χ2v) is 7.57. The van der Waals surface area contributed by atoms with Crippen molar-refractivity contribution >= 4 is 29.3 Å². The smallest absolute Gasteiger partial charge is 0.266 e. The maximum Gasteiger partial charge on any atom is 0.266 e. The molecular formula is C22H24ClN3O2. The molecule has 0 bridgehead atoms. The van der Waals surface area contributed by atoms with E-state index in [-0.39, 0.29) is 11.7 Å². The Kier molecular flexibility index (Phi) is 6.23. The lowest BCUT2D eigenvalue weighted by molar-refractivity contribution is -0.112. The van der Waals surface area contributed by atoms with Crippen LogP contribution in [0.25, 0.3) is 6.08 Å². The Hall–Kier alpha value is -2.55. The van der Waals surface area contributed by atoms with Crippen molar-refractivity contribution in [2.75, 3.05) is 11.9 Å². The van der Waals surface area contributed by atoms with Crippen LogP contribution in [0.1, 0.15) is 35.4 Å². The zero-order chi connectivity index (χ0) is 20.3. The topological polar surface area (TPSA) is 67.0 Å². The first-order valence-electron chi connectivity index (χ1n) is 9.36. The van der Waals surface area contributed by atoms with Gasteiger partial charge >= 0.3 is 0 Å². The summed E-state index contributed by atoms with van der Waals surface area (Å²) in [5, 5.41) is 12.8. The van der Waals surface area contributed by atoms with Crippen LogP contribution >= 0.6 is 11.6 Å². The molecule has 0 aliphatic carbocycles. The minimum absolute atomic E-state index is 0.0501. The van der Waals surface area contributed by atoms with E-state index in [4.69, 9.17) is 16.3 Å². The van der Waals surface area contributed by atoms with Crippen molar-refractivity contribution in [3.63, 3.8) is 0 Å². The molecule has 2 heterocycles. The molecule has 6 heteroatoms. The van der Waals surface area contributed by atoms with E-state index in [0.717, 1.165) is 48.5 Å². The lowest BCUT2D eigenvalue weighted by Crippen LogP contribution is -2.17. The monoisotopic (exact) mass is 397 g/mol. The molecule has 2 aromatic rings. The number of ether oxygens (including phenoxy) is 1. The molecular weight excluding hydrogens is 374 g/mol. The van der Waals surface area contributed by atoms with Gasteiger partial charge in [0.25, 0.3) is 5.91 Å². The number of carbonyl (C=O) groups excluding carboxylic acids is 1. The van der Waals surface area contributed by atoms with E-state index in [0.29, 0.717) is 10.7 Å². The summed E-state index contributed by atoms with van der Waals surface area (Å²) in [5.74, 6) is -0.452. The van der Waals surface area contributed by atoms with Gasteiger partial charge < -0.3 is 14.6 Å². The SMILES string of the molecule is Cc1ccc(NC(=O)/C(C#N)=C/c2cc(C)n(C[C@H]3CCCO3)c2C)cc1Cl. The maximum absolute atomic E-state index is 12.6. The van der Waals surface area contributed by atoms with Gasteiger partial charge in [0, 0.05) is 35.2 Å². The van der Waals surface area contributed by atoms with Crippen LogP contribution in [0.3, 0.4) is 0 Å². The highest BCUT2D eigenvalue weighted by molar-refractivity contribution is 6.31. The highest BCUT2D eigenvalue weighted by Gasteiger charge is 2.19. The summed E-state index contributed by atoms with van der Waals surface area (Å²) in [4.78, 5) is 12.6. The van der Waals surface area contributed by atoms with Crippen molar-refractivity contribution in [3.05, 3.63) is 57.4 Å². The van der Waals surface area contributed by atoms with E-state index in [1.165, 1.54) is 0 Å². The quantitative estimate of drug-likeness (QED) is 0.582. The van der Waals surface area contributed by atoms with Crippen LogP contribution in [0.15, 0.2) is 29.8 Å². The molecule has 1 fully saturated rings. The predicted octanol–water partition coefficient (Wildman–Crippen LogP) is 4.79. The van der Waals surface area contributed by atoms with Gasteiger partial charge in [-0.25, -0.2) is 0 Å². The molecule has 1 amide bonds. The van der Waals surface area contributed by atoms with Crippen molar-refractivity contribution in [2.45, 2.75) is 46.3 Å². The first-order chi connectivity index (χ1) is 13.4. The first-order valence-corrected chi connectivity index (χ1v) is 9.74. The number of nitrogens with one attached hydrogen (secondary N) is 1. The Morgan fingerprint density at radius 1 is 1.39 bits per heavy atom. The standard InChI is InChI=1S/C22H24ClN3O2/c1-14-6-7-19(11-21(14)23)25-22(27)18(12-24)10-17-9-15(2)26(16(17)3)13-20-5-4-8-28-20/h6-7,9-11,20H,4-5,8,13H2,1-3H3,(H,25,27)/b18-10+/t20-/m1/s1. The number of amides is 1. The Labute approximate surface area is 170 Å². The summed E-state index contributed by atoms with van der Waals surface area (Å²) in [6, 6.07) is 9.27. The number of aromatic nitrogens is 1. The van der Waals surface area contributed by atoms with Gasteiger partial charge in [0.2, 0.25) is 0 Å². The van der Waals surface area contributed by atoms with Gasteiger partial charge in [-0.2, -0.15) is 5.26 Å². The van der Waals surface area contributed by atoms with Crippen LogP contribution in [0.5, 0.6) is 0 Å². The lowest BCUT2D eigenvalue weighted by Gasteiger charge is -2.14. The zero-order valence-electron chi connectivity index (χ0n) is 16.4. The number of carbonyl (C=O) groups is 1. The van der Waals surface area contributed by atoms with E-state index in [1.54, 1.807) is 18.2 Å². The summed E-state index contributed by atoms with van der Waals surface area (Å²) < 4.78 is 7.93. The van der Waals surface area contributed by atoms with E-state index < -0.39 is 5.91 Å². The predicted molar refractivity (Wildman–Crippen MR) is 111 cm³/mol. The fraction of sp³-hybridized carbons (Fsp3) is 0.364. The third-order valence-corrected chi connectivity index (χ3v) is 5.52. The third kappa shape index (κ3) is 4.46. The Balaban J connectivity index is 1.80. The number of nitrogens with zero attached hydrogens (tertiary/aromatic N) is 2. The van der Waals surface area contributed by atoms with Gasteiger partial charge in [0.15, 0.2) is 0 Å². The van der Waals surface area contributed by atoms with Crippen molar-refractivity contribution < 1.29 is 9.53 Å². The van der Waals surface area contributed by atoms with Crippen LogP contribution < -0.4 is 5.32 Å². The number of halogens is 1. The minimum atomic E-state index is -0.452. The molecule has 1 aliphatic rings. The third-order valence-electron chi connectivity index (χ3n) is 5.12. The van der Waals surface area contributed by atoms with Crippen LogP contribution in [0, 0.1) is 32.1 Å². The molecule has 3 rings (SSSR count). The Morgan fingerprint density at radius 2 is 2.18 bits per heavy atom. The molecule has 1 atom stereocenters. The molecule has 1 saturated heterocycles. The summed E-state index contributed by atoms with van der Waals surface area (Å²) >= 11 is 6.11. The number of benzene rings is 1. The normalized spacial score (nSPS) is 16.8. The van der Waals surface area contributed by atoms with Gasteiger partial charge in [-0.15, -0.1) is 0 Å². The number of aryl methyl sites for hydroxylation is 2. The van der Waals surface area contributed by atoms with Crippen molar-refractivity contribution in [1.29, 1.82) is 5.26 Å². The molecule has 5 nitrogen and oxygen atoms in total. The molecule has 0 unspecified atom stereocenters. The summed E-state index contributed by atoms with van der Waals surface area (Å²) in [6.07, 6.45) is 4.03. The van der Waals surface area contributed by atoms with Crippen molar-refractivity contribution in [1.82, 2.24) is 4.57 Å². The highest BCUT2D eigenvalue weighted by Crippen LogP contribution is 2.23. The van der Waals surface area contributed by atoms with E-state index in [2.05, 4.69) is 9.88 Å². The van der Waals surface area contributed by atoms with Gasteiger partial charge in [0.1, 0.15) is 11.6 Å². The van der Waals surface area contributed by atoms with Crippen LogP contribution in [0.2, 0.25) is 5.02 Å². The largest absolute Gasteiger partial charge is 0.376 e. The summed E-state index contributed by atoms with van der Waals surface area (Å²) in [6.45, 7) is 7.53. The summed E-state index contributed by atoms with van der Waals surface area (Å²) in [5.41, 5.74) is 4.51. The van der Waals surface area contributed by atoms with E-state index in [1.807, 2.05) is 39.0 Å². The number of anilines is 1. The molecule has 0 saturated carbocycles. The molecule has 0 spiro atoms. The molecule has 1 N–H and O–H groups in total. The van der Waals surface area contributed by atoms with Crippen LogP contribution in [0.4, 0.5) is 5.69 Å². The number of hydrogen-bond acceptors (Lipinski definition) is 3. The second kappa shape index (κ2) is 8.64. The van der Waals surface area contributed by atoms with Crippen LogP contribution in [-0.4, -0.2) is 23.2 Å². The molecule has 1 aliphatic heterocycles. The zero-order valence-corrected chi connectivity index (χ0v) is 17.1. The van der Waals surface area contributed by atoms with Gasteiger partial charge in [0.05, 0.1) is 6.10 Å². The molecule has 1 aromatic heterocycles. The number of nitriles is 1. The van der Waals surface area contributed by atoms with Crippen molar-refractivity contribution in [2.24, 2.45) is 0 Å². The Morgan fingerprint density at radius 3 is 2.82 bits per heavy atom. The van der Waals surface area contributed by atoms with Gasteiger partial charge in [-0.1, -0.05) is 17.7 Å². The van der Waals surface area contributed by atoms with E-state index in [9.17, 15) is 10.1 Å². The van der Waals surface area contributed by atoms with Gasteiger partial charge in [-0.05, 0) is 69.0 Å². The molecule has 28 heavy (non-hydrogen) atoms. The highest BCUT2D eigenvalue weighted by atomic mass is 35.5. The van der Waals surface area contributed by atoms with E-state index >= 15 is 0 Å². The number of rotatable bonds is 5. The first kappa shape index (κ1) is 20.2. The lowest BCUT2D eigenvalue weighted by atomic mass is 10.1. The molecule has 146 valence electrons. The fourth-order valence-electron chi connectivity index (χ4n) is 3.42. The maximum atomic E-state index is 12.6. The number of hydrogen-bond donors (Lipinski definition) is 1. The van der Waals surface area contributed by atoms with Crippen LogP contribution in [-0.2, 0) is 16.1 Å². The second-order valence-electron chi connectivity index (χ2n) is 7.16. The average molecular weight is 398 g/mol. The average Bonchev–Trinajstić information content (AvgIpc) is 3.26. The van der Waals surface area contributed by atoms with Crippen molar-refractivity contribution in [3.8, 4) is 6.07 Å². The fourth-order valence-corrected chi connectivity index (χ4v) is 3.60.